The van der Waals surface area contributed by atoms with Gasteiger partial charge in [-0.25, -0.2) is 0 Å². The van der Waals surface area contributed by atoms with Gasteiger partial charge in [-0.15, -0.1) is 12.4 Å². The summed E-state index contributed by atoms with van der Waals surface area (Å²) in [7, 11) is 0. The molecule has 0 spiro atoms. The first-order valence-corrected chi connectivity index (χ1v) is 6.11. The molecule has 0 bridgehead atoms. The van der Waals surface area contributed by atoms with Gasteiger partial charge in [0, 0.05) is 5.56 Å². The molecule has 124 valence electrons. The van der Waals surface area contributed by atoms with Crippen molar-refractivity contribution >= 4 is 24.3 Å². The Morgan fingerprint density at radius 2 is 1.91 bits per heavy atom. The van der Waals surface area contributed by atoms with Crippen LogP contribution in [0.3, 0.4) is 0 Å². The second-order valence-electron chi connectivity index (χ2n) is 4.52. The SMILES string of the molecule is CCC(O)c1c(C)cc(C(=O)N=C(N)N)cc1C(F)(F)F.Cl. The van der Waals surface area contributed by atoms with Gasteiger partial charge in [0.25, 0.3) is 5.91 Å². The molecule has 22 heavy (non-hydrogen) atoms. The number of alkyl halides is 3. The van der Waals surface area contributed by atoms with E-state index >= 15 is 0 Å². The number of carbonyl (C=O) groups is 1. The first-order chi connectivity index (χ1) is 9.57. The zero-order valence-electron chi connectivity index (χ0n) is 11.9. The molecule has 0 saturated carbocycles. The van der Waals surface area contributed by atoms with Crippen LogP contribution >= 0.6 is 12.4 Å². The molecule has 1 aromatic rings. The van der Waals surface area contributed by atoms with Crippen LogP contribution in [0.15, 0.2) is 17.1 Å². The molecule has 0 aliphatic rings. The minimum Gasteiger partial charge on any atom is -0.388 e. The lowest BCUT2D eigenvalue weighted by Crippen LogP contribution is -2.24. The highest BCUT2D eigenvalue weighted by Gasteiger charge is 2.36. The number of aliphatic hydroxyl groups excluding tert-OH is 1. The number of hydrogen-bond acceptors (Lipinski definition) is 2. The highest BCUT2D eigenvalue weighted by atomic mass is 35.5. The number of hydrogen-bond donors (Lipinski definition) is 3. The van der Waals surface area contributed by atoms with E-state index in [0.29, 0.717) is 6.07 Å². The summed E-state index contributed by atoms with van der Waals surface area (Å²) in [6, 6.07) is 1.87. The van der Waals surface area contributed by atoms with Crippen LogP contribution in [0.2, 0.25) is 0 Å². The molecule has 0 fully saturated rings. The molecule has 0 aromatic heterocycles. The van der Waals surface area contributed by atoms with Crippen LogP contribution in [-0.4, -0.2) is 17.0 Å². The Morgan fingerprint density at radius 1 is 1.36 bits per heavy atom. The van der Waals surface area contributed by atoms with E-state index < -0.39 is 29.7 Å². The van der Waals surface area contributed by atoms with Crippen LogP contribution in [0.5, 0.6) is 0 Å². The fourth-order valence-electron chi connectivity index (χ4n) is 1.98. The van der Waals surface area contributed by atoms with Gasteiger partial charge in [0.05, 0.1) is 11.7 Å². The summed E-state index contributed by atoms with van der Waals surface area (Å²) in [5.41, 5.74) is 8.62. The minimum absolute atomic E-state index is 0. The number of aryl methyl sites for hydroxylation is 1. The second kappa shape index (κ2) is 7.46. The lowest BCUT2D eigenvalue weighted by atomic mass is 9.92. The molecular weight excluding hydrogens is 323 g/mol. The summed E-state index contributed by atoms with van der Waals surface area (Å²) >= 11 is 0. The van der Waals surface area contributed by atoms with Crippen molar-refractivity contribution < 1.29 is 23.1 Å². The van der Waals surface area contributed by atoms with Crippen molar-refractivity contribution in [1.29, 1.82) is 0 Å². The summed E-state index contributed by atoms with van der Waals surface area (Å²) in [5, 5.41) is 9.78. The topological polar surface area (TPSA) is 102 Å². The maximum absolute atomic E-state index is 13.1. The number of halogens is 4. The quantitative estimate of drug-likeness (QED) is 0.581. The molecule has 1 aromatic carbocycles. The number of benzene rings is 1. The number of guanidine groups is 1. The largest absolute Gasteiger partial charge is 0.416 e. The van der Waals surface area contributed by atoms with Crippen LogP contribution < -0.4 is 11.5 Å². The number of rotatable bonds is 3. The van der Waals surface area contributed by atoms with Gasteiger partial charge in [-0.3, -0.25) is 4.79 Å². The fourth-order valence-corrected chi connectivity index (χ4v) is 1.98. The van der Waals surface area contributed by atoms with Crippen LogP contribution in [0.1, 0.15) is 46.5 Å². The van der Waals surface area contributed by atoms with Crippen molar-refractivity contribution in [2.75, 3.05) is 0 Å². The van der Waals surface area contributed by atoms with Crippen LogP contribution in [-0.2, 0) is 6.18 Å². The van der Waals surface area contributed by atoms with Crippen molar-refractivity contribution in [2.24, 2.45) is 16.5 Å². The van der Waals surface area contributed by atoms with Crippen molar-refractivity contribution in [1.82, 2.24) is 0 Å². The number of nitrogens with zero attached hydrogens (tertiary/aromatic N) is 1. The first-order valence-electron chi connectivity index (χ1n) is 6.11. The molecule has 1 atom stereocenters. The summed E-state index contributed by atoms with van der Waals surface area (Å²) < 4.78 is 39.4. The van der Waals surface area contributed by atoms with E-state index in [1.54, 1.807) is 6.92 Å². The zero-order valence-corrected chi connectivity index (χ0v) is 12.8. The number of amides is 1. The Hall–Kier alpha value is -1.80. The molecule has 0 saturated heterocycles. The summed E-state index contributed by atoms with van der Waals surface area (Å²) in [4.78, 5) is 14.9. The Kier molecular flexibility index (Phi) is 6.85. The molecule has 9 heteroatoms. The molecule has 0 aliphatic carbocycles. The fraction of sp³-hybridized carbons (Fsp3) is 0.385. The Bertz CT molecular complexity index is 585. The van der Waals surface area contributed by atoms with E-state index in [2.05, 4.69) is 4.99 Å². The Labute approximate surface area is 131 Å². The number of carbonyl (C=O) groups excluding carboxylic acids is 1. The highest BCUT2D eigenvalue weighted by Crippen LogP contribution is 2.38. The maximum Gasteiger partial charge on any atom is 0.416 e. The lowest BCUT2D eigenvalue weighted by Gasteiger charge is -2.20. The van der Waals surface area contributed by atoms with Crippen molar-refractivity contribution in [3.8, 4) is 0 Å². The van der Waals surface area contributed by atoms with Gasteiger partial charge in [-0.1, -0.05) is 6.92 Å². The van der Waals surface area contributed by atoms with E-state index in [-0.39, 0.29) is 35.5 Å². The molecule has 5 nitrogen and oxygen atoms in total. The minimum atomic E-state index is -4.70. The van der Waals surface area contributed by atoms with Crippen molar-refractivity contribution in [3.63, 3.8) is 0 Å². The molecule has 1 amide bonds. The van der Waals surface area contributed by atoms with Gasteiger partial charge in [0.1, 0.15) is 0 Å². The summed E-state index contributed by atoms with van der Waals surface area (Å²) in [6.45, 7) is 2.94. The van der Waals surface area contributed by atoms with Gasteiger partial charge < -0.3 is 16.6 Å². The third-order valence-electron chi connectivity index (χ3n) is 2.89. The van der Waals surface area contributed by atoms with Gasteiger partial charge in [0.2, 0.25) is 0 Å². The van der Waals surface area contributed by atoms with E-state index in [4.69, 9.17) is 11.5 Å². The smallest absolute Gasteiger partial charge is 0.388 e. The molecule has 0 aliphatic heterocycles. The molecule has 0 radical (unpaired) electrons. The Morgan fingerprint density at radius 3 is 2.32 bits per heavy atom. The standard InChI is InChI=1S/C13H16F3N3O2.ClH/c1-3-9(20)10-6(2)4-7(11(21)19-12(17)18)5-8(10)13(14,15)16;/h4-5,9,20H,3H2,1-2H3,(H4,17,18,19,21);1H. The maximum atomic E-state index is 13.1. The first kappa shape index (κ1) is 20.2. The van der Waals surface area contributed by atoms with Crippen LogP contribution in [0, 0.1) is 6.92 Å². The number of aliphatic hydroxyl groups is 1. The van der Waals surface area contributed by atoms with Crippen LogP contribution in [0.4, 0.5) is 13.2 Å². The van der Waals surface area contributed by atoms with E-state index in [9.17, 15) is 23.1 Å². The lowest BCUT2D eigenvalue weighted by molar-refractivity contribution is -0.139. The van der Waals surface area contributed by atoms with E-state index in [0.717, 1.165) is 0 Å². The molecule has 1 unspecified atom stereocenters. The monoisotopic (exact) mass is 339 g/mol. The third kappa shape index (κ3) is 4.60. The van der Waals surface area contributed by atoms with Gasteiger partial charge >= 0.3 is 6.18 Å². The molecule has 5 N–H and O–H groups in total. The predicted octanol–water partition coefficient (Wildman–Crippen LogP) is 2.29. The average Bonchev–Trinajstić information content (AvgIpc) is 2.34. The second-order valence-corrected chi connectivity index (χ2v) is 4.52. The molecule has 0 heterocycles. The number of aliphatic imine (C=N–C) groups is 1. The van der Waals surface area contributed by atoms with Crippen molar-refractivity contribution in [2.45, 2.75) is 32.5 Å². The highest BCUT2D eigenvalue weighted by molar-refractivity contribution is 6.02. The van der Waals surface area contributed by atoms with Gasteiger partial charge in [0.15, 0.2) is 5.96 Å². The molecular formula is C13H17ClF3N3O2. The van der Waals surface area contributed by atoms with Gasteiger partial charge in [-0.05, 0) is 36.6 Å². The van der Waals surface area contributed by atoms with E-state index in [1.165, 1.54) is 13.0 Å². The summed E-state index contributed by atoms with van der Waals surface area (Å²) in [5.74, 6) is -1.51. The summed E-state index contributed by atoms with van der Waals surface area (Å²) in [6.07, 6.45) is -5.86. The number of nitrogens with two attached hydrogens (primary N) is 2. The van der Waals surface area contributed by atoms with E-state index in [1.807, 2.05) is 0 Å². The zero-order chi connectivity index (χ0) is 16.4. The van der Waals surface area contributed by atoms with Crippen molar-refractivity contribution in [3.05, 3.63) is 34.4 Å². The third-order valence-corrected chi connectivity index (χ3v) is 2.89. The predicted molar refractivity (Wildman–Crippen MR) is 78.8 cm³/mol. The Balaban J connectivity index is 0.00000441. The average molecular weight is 340 g/mol. The van der Waals surface area contributed by atoms with Crippen LogP contribution in [0.25, 0.3) is 0 Å². The normalized spacial score (nSPS) is 12.3. The van der Waals surface area contributed by atoms with Gasteiger partial charge in [-0.2, -0.15) is 18.2 Å². The molecule has 1 rings (SSSR count).